The molecule has 0 fully saturated rings. The summed E-state index contributed by atoms with van der Waals surface area (Å²) in [5.41, 5.74) is 0.802. The number of fused-ring (bicyclic) bond motifs is 1. The average Bonchev–Trinajstić information content (AvgIpc) is 3.08. The lowest BCUT2D eigenvalue weighted by Gasteiger charge is -2.18. The molecule has 0 aromatic heterocycles. The Morgan fingerprint density at radius 3 is 2.44 bits per heavy atom. The largest absolute Gasteiger partial charge is 0.493 e. The van der Waals surface area contributed by atoms with Gasteiger partial charge in [-0.2, -0.15) is 4.31 Å². The van der Waals surface area contributed by atoms with Gasteiger partial charge in [-0.15, -0.1) is 0 Å². The van der Waals surface area contributed by atoms with Gasteiger partial charge < -0.3 is 18.9 Å². The van der Waals surface area contributed by atoms with E-state index in [4.69, 9.17) is 18.9 Å². The third kappa shape index (κ3) is 3.35. The van der Waals surface area contributed by atoms with Crippen molar-refractivity contribution in [3.63, 3.8) is 0 Å². The second-order valence-electron chi connectivity index (χ2n) is 5.47. The summed E-state index contributed by atoms with van der Waals surface area (Å²) < 4.78 is 47.8. The topological polar surface area (TPSA) is 74.3 Å². The summed E-state index contributed by atoms with van der Waals surface area (Å²) in [7, 11) is 0.802. The highest BCUT2D eigenvalue weighted by Crippen LogP contribution is 2.34. The zero-order valence-electron chi connectivity index (χ0n) is 14.2. The summed E-state index contributed by atoms with van der Waals surface area (Å²) in [5.74, 6) is 2.11. The van der Waals surface area contributed by atoms with E-state index < -0.39 is 10.0 Å². The number of hydrogen-bond acceptors (Lipinski definition) is 6. The fourth-order valence-corrected chi connectivity index (χ4v) is 3.71. The summed E-state index contributed by atoms with van der Waals surface area (Å²) in [6.07, 6.45) is 0. The molecule has 0 saturated heterocycles. The SMILES string of the molecule is COc1ccc(S(=O)(=O)N(C)Cc2ccc3c(c2)OCO3)cc1OC. The Morgan fingerprint density at radius 2 is 1.72 bits per heavy atom. The van der Waals surface area contributed by atoms with E-state index in [1.54, 1.807) is 18.2 Å². The van der Waals surface area contributed by atoms with Crippen LogP contribution in [0.25, 0.3) is 0 Å². The minimum absolute atomic E-state index is 0.133. The van der Waals surface area contributed by atoms with Gasteiger partial charge in [-0.1, -0.05) is 6.07 Å². The second kappa shape index (κ2) is 6.81. The Bertz CT molecular complexity index is 881. The van der Waals surface area contributed by atoms with E-state index in [0.717, 1.165) is 5.56 Å². The molecule has 1 heterocycles. The molecule has 8 heteroatoms. The Balaban J connectivity index is 1.84. The summed E-state index contributed by atoms with van der Waals surface area (Å²) in [5, 5.41) is 0. The van der Waals surface area contributed by atoms with Crippen molar-refractivity contribution >= 4 is 10.0 Å². The zero-order chi connectivity index (χ0) is 18.0. The van der Waals surface area contributed by atoms with Crippen LogP contribution in [0, 0.1) is 0 Å². The van der Waals surface area contributed by atoms with Crippen LogP contribution in [0.4, 0.5) is 0 Å². The standard InChI is InChI=1S/C17H19NO6S/c1-18(10-12-4-6-15-17(8-12)24-11-23-15)25(19,20)13-5-7-14(21-2)16(9-13)22-3/h4-9H,10-11H2,1-3H3. The van der Waals surface area contributed by atoms with Crippen LogP contribution in [0.1, 0.15) is 5.56 Å². The van der Waals surface area contributed by atoms with E-state index in [1.165, 1.54) is 37.7 Å². The van der Waals surface area contributed by atoms with Crippen molar-refractivity contribution < 1.29 is 27.4 Å². The normalized spacial score (nSPS) is 13.1. The summed E-state index contributed by atoms with van der Waals surface area (Å²) in [6, 6.07) is 9.88. The molecular formula is C17H19NO6S. The first-order chi connectivity index (χ1) is 12.0. The van der Waals surface area contributed by atoms with Crippen molar-refractivity contribution in [2.45, 2.75) is 11.4 Å². The molecule has 3 rings (SSSR count). The van der Waals surface area contributed by atoms with Gasteiger partial charge in [0, 0.05) is 19.7 Å². The smallest absolute Gasteiger partial charge is 0.243 e. The van der Waals surface area contributed by atoms with Crippen molar-refractivity contribution in [3.05, 3.63) is 42.0 Å². The molecule has 1 aliphatic heterocycles. The lowest BCUT2D eigenvalue weighted by atomic mass is 10.2. The molecule has 0 N–H and O–H groups in total. The number of hydrogen-bond donors (Lipinski definition) is 0. The van der Waals surface area contributed by atoms with Crippen LogP contribution in [0.5, 0.6) is 23.0 Å². The van der Waals surface area contributed by atoms with Crippen LogP contribution in [0.15, 0.2) is 41.3 Å². The predicted molar refractivity (Wildman–Crippen MR) is 90.8 cm³/mol. The van der Waals surface area contributed by atoms with Crippen molar-refractivity contribution in [2.24, 2.45) is 0 Å². The van der Waals surface area contributed by atoms with Crippen LogP contribution in [-0.2, 0) is 16.6 Å². The number of rotatable bonds is 6. The van der Waals surface area contributed by atoms with Gasteiger partial charge >= 0.3 is 0 Å². The molecule has 25 heavy (non-hydrogen) atoms. The Kier molecular flexibility index (Phi) is 4.73. The van der Waals surface area contributed by atoms with Gasteiger partial charge in [-0.05, 0) is 29.8 Å². The number of methoxy groups -OCH3 is 2. The fourth-order valence-electron chi connectivity index (χ4n) is 2.54. The van der Waals surface area contributed by atoms with Gasteiger partial charge in [-0.25, -0.2) is 8.42 Å². The fraction of sp³-hybridized carbons (Fsp3) is 0.294. The molecule has 0 saturated carbocycles. The van der Waals surface area contributed by atoms with Gasteiger partial charge in [0.05, 0.1) is 19.1 Å². The first-order valence-electron chi connectivity index (χ1n) is 7.52. The Morgan fingerprint density at radius 1 is 1.00 bits per heavy atom. The van der Waals surface area contributed by atoms with Crippen molar-refractivity contribution in [1.82, 2.24) is 4.31 Å². The Hall–Kier alpha value is -2.45. The van der Waals surface area contributed by atoms with Gasteiger partial charge in [0.1, 0.15) is 0 Å². The minimum Gasteiger partial charge on any atom is -0.493 e. The van der Waals surface area contributed by atoms with E-state index in [1.807, 2.05) is 6.07 Å². The third-order valence-corrected chi connectivity index (χ3v) is 5.70. The molecule has 0 aliphatic carbocycles. The first kappa shape index (κ1) is 17.4. The molecule has 0 atom stereocenters. The molecule has 134 valence electrons. The highest BCUT2D eigenvalue weighted by molar-refractivity contribution is 7.89. The summed E-state index contributed by atoms with van der Waals surface area (Å²) in [4.78, 5) is 0.133. The van der Waals surface area contributed by atoms with Crippen LogP contribution in [-0.4, -0.2) is 40.8 Å². The lowest BCUT2D eigenvalue weighted by molar-refractivity contribution is 0.174. The first-order valence-corrected chi connectivity index (χ1v) is 8.96. The van der Waals surface area contributed by atoms with Crippen LogP contribution in [0.3, 0.4) is 0 Å². The van der Waals surface area contributed by atoms with Crippen LogP contribution in [0.2, 0.25) is 0 Å². The van der Waals surface area contributed by atoms with E-state index >= 15 is 0 Å². The minimum atomic E-state index is -3.68. The van der Waals surface area contributed by atoms with Gasteiger partial charge in [0.2, 0.25) is 16.8 Å². The molecule has 2 aromatic carbocycles. The molecule has 0 amide bonds. The number of sulfonamides is 1. The molecule has 0 bridgehead atoms. The predicted octanol–water partition coefficient (Wildman–Crippen LogP) is 2.25. The number of nitrogens with zero attached hydrogens (tertiary/aromatic N) is 1. The van der Waals surface area contributed by atoms with Crippen molar-refractivity contribution in [1.29, 1.82) is 0 Å². The molecular weight excluding hydrogens is 346 g/mol. The summed E-state index contributed by atoms with van der Waals surface area (Å²) >= 11 is 0. The molecule has 0 radical (unpaired) electrons. The third-order valence-electron chi connectivity index (χ3n) is 3.91. The molecule has 0 unspecified atom stereocenters. The van der Waals surface area contributed by atoms with Crippen LogP contribution < -0.4 is 18.9 Å². The van der Waals surface area contributed by atoms with Gasteiger partial charge in [0.25, 0.3) is 0 Å². The maximum absolute atomic E-state index is 12.8. The van der Waals surface area contributed by atoms with Crippen LogP contribution >= 0.6 is 0 Å². The van der Waals surface area contributed by atoms with Crippen molar-refractivity contribution in [2.75, 3.05) is 28.1 Å². The second-order valence-corrected chi connectivity index (χ2v) is 7.51. The van der Waals surface area contributed by atoms with E-state index in [9.17, 15) is 8.42 Å². The van der Waals surface area contributed by atoms with E-state index in [2.05, 4.69) is 0 Å². The summed E-state index contributed by atoms with van der Waals surface area (Å²) in [6.45, 7) is 0.381. The van der Waals surface area contributed by atoms with E-state index in [-0.39, 0.29) is 18.2 Å². The maximum Gasteiger partial charge on any atom is 0.243 e. The number of ether oxygens (including phenoxy) is 4. The van der Waals surface area contributed by atoms with Gasteiger partial charge in [0.15, 0.2) is 23.0 Å². The number of benzene rings is 2. The molecule has 0 spiro atoms. The molecule has 7 nitrogen and oxygen atoms in total. The lowest BCUT2D eigenvalue weighted by Crippen LogP contribution is -2.26. The van der Waals surface area contributed by atoms with E-state index in [0.29, 0.717) is 23.0 Å². The molecule has 2 aromatic rings. The van der Waals surface area contributed by atoms with Gasteiger partial charge in [-0.3, -0.25) is 0 Å². The molecule has 1 aliphatic rings. The monoisotopic (exact) mass is 365 g/mol. The average molecular weight is 365 g/mol. The maximum atomic E-state index is 12.8. The zero-order valence-corrected chi connectivity index (χ0v) is 15.0. The highest BCUT2D eigenvalue weighted by Gasteiger charge is 2.23. The highest BCUT2D eigenvalue weighted by atomic mass is 32.2. The van der Waals surface area contributed by atoms with Crippen molar-refractivity contribution in [3.8, 4) is 23.0 Å². The Labute approximate surface area is 146 Å². The quantitative estimate of drug-likeness (QED) is 0.782.